The van der Waals surface area contributed by atoms with Crippen molar-refractivity contribution in [3.8, 4) is 5.75 Å². The highest BCUT2D eigenvalue weighted by Gasteiger charge is 2.07. The normalized spacial score (nSPS) is 12.9. The molecule has 2 nitrogen and oxygen atoms in total. The molecule has 14 heavy (non-hydrogen) atoms. The highest BCUT2D eigenvalue weighted by molar-refractivity contribution is 9.11. The number of likely N-dealkylation sites (N-methyl/N-ethyl adjacent to an activating group) is 1. The van der Waals surface area contributed by atoms with Crippen LogP contribution >= 0.6 is 31.9 Å². The van der Waals surface area contributed by atoms with Crippen LogP contribution in [0.4, 0.5) is 0 Å². The highest BCUT2D eigenvalue weighted by Crippen LogP contribution is 2.33. The Kier molecular flexibility index (Phi) is 4.41. The van der Waals surface area contributed by atoms with E-state index < -0.39 is 0 Å². The molecular formula is C10H13Br2NO. The summed E-state index contributed by atoms with van der Waals surface area (Å²) in [7, 11) is 1.94. The van der Waals surface area contributed by atoms with E-state index in [0.29, 0.717) is 6.04 Å². The molecule has 78 valence electrons. The van der Waals surface area contributed by atoms with Crippen LogP contribution in [-0.2, 0) is 6.42 Å². The number of phenols is 1. The molecule has 0 saturated carbocycles. The Morgan fingerprint density at radius 2 is 1.86 bits per heavy atom. The summed E-state index contributed by atoms with van der Waals surface area (Å²) in [5.74, 6) is 0.255. The molecule has 0 aliphatic heterocycles. The predicted octanol–water partition coefficient (Wildman–Crippen LogP) is 3.07. The van der Waals surface area contributed by atoms with Crippen molar-refractivity contribution in [3.63, 3.8) is 0 Å². The standard InChI is InChI=1S/C10H13Br2NO/c1-6(13-2)3-7-4-8(11)10(14)9(12)5-7/h4-6,13-14H,3H2,1-2H3. The summed E-state index contributed by atoms with van der Waals surface area (Å²) in [4.78, 5) is 0. The Balaban J connectivity index is 2.89. The number of benzene rings is 1. The van der Waals surface area contributed by atoms with Crippen molar-refractivity contribution >= 4 is 31.9 Å². The van der Waals surface area contributed by atoms with Gasteiger partial charge in [-0.05, 0) is 69.9 Å². The monoisotopic (exact) mass is 321 g/mol. The van der Waals surface area contributed by atoms with Gasteiger partial charge < -0.3 is 10.4 Å². The highest BCUT2D eigenvalue weighted by atomic mass is 79.9. The van der Waals surface area contributed by atoms with Crippen molar-refractivity contribution in [2.75, 3.05) is 7.05 Å². The number of rotatable bonds is 3. The van der Waals surface area contributed by atoms with Gasteiger partial charge in [-0.15, -0.1) is 0 Å². The van der Waals surface area contributed by atoms with Crippen LogP contribution in [0, 0.1) is 0 Å². The second kappa shape index (κ2) is 5.14. The van der Waals surface area contributed by atoms with Crippen molar-refractivity contribution in [1.29, 1.82) is 0 Å². The zero-order valence-corrected chi connectivity index (χ0v) is 11.3. The number of hydrogen-bond donors (Lipinski definition) is 2. The number of aromatic hydroxyl groups is 1. The van der Waals surface area contributed by atoms with E-state index in [1.165, 1.54) is 5.56 Å². The van der Waals surface area contributed by atoms with Gasteiger partial charge in [-0.1, -0.05) is 0 Å². The molecule has 0 fully saturated rings. The number of nitrogens with one attached hydrogen (secondary N) is 1. The summed E-state index contributed by atoms with van der Waals surface area (Å²) in [5.41, 5.74) is 1.18. The Morgan fingerprint density at radius 3 is 2.29 bits per heavy atom. The van der Waals surface area contributed by atoms with Crippen LogP contribution in [0.15, 0.2) is 21.1 Å². The van der Waals surface area contributed by atoms with Gasteiger partial charge in [-0.3, -0.25) is 0 Å². The van der Waals surface area contributed by atoms with Crippen molar-refractivity contribution in [2.45, 2.75) is 19.4 Å². The largest absolute Gasteiger partial charge is 0.506 e. The molecule has 0 saturated heterocycles. The van der Waals surface area contributed by atoms with Gasteiger partial charge in [0.05, 0.1) is 8.95 Å². The van der Waals surface area contributed by atoms with E-state index in [-0.39, 0.29) is 5.75 Å². The quantitative estimate of drug-likeness (QED) is 0.896. The molecular weight excluding hydrogens is 310 g/mol. The maximum Gasteiger partial charge on any atom is 0.143 e. The van der Waals surface area contributed by atoms with E-state index in [9.17, 15) is 5.11 Å². The van der Waals surface area contributed by atoms with Gasteiger partial charge in [-0.2, -0.15) is 0 Å². The molecule has 0 aliphatic rings. The minimum Gasteiger partial charge on any atom is -0.506 e. The number of hydrogen-bond acceptors (Lipinski definition) is 2. The van der Waals surface area contributed by atoms with Gasteiger partial charge in [0.2, 0.25) is 0 Å². The van der Waals surface area contributed by atoms with Gasteiger partial charge in [0, 0.05) is 6.04 Å². The van der Waals surface area contributed by atoms with Gasteiger partial charge in [-0.25, -0.2) is 0 Å². The van der Waals surface area contributed by atoms with E-state index in [1.54, 1.807) is 0 Å². The van der Waals surface area contributed by atoms with Crippen LogP contribution < -0.4 is 5.32 Å². The van der Waals surface area contributed by atoms with Crippen LogP contribution in [-0.4, -0.2) is 18.2 Å². The topological polar surface area (TPSA) is 32.3 Å². The van der Waals surface area contributed by atoms with E-state index in [4.69, 9.17) is 0 Å². The average molecular weight is 323 g/mol. The molecule has 0 amide bonds. The Labute approximate surface area is 101 Å². The summed E-state index contributed by atoms with van der Waals surface area (Å²) in [5, 5.41) is 12.7. The summed E-state index contributed by atoms with van der Waals surface area (Å²) >= 11 is 6.62. The zero-order valence-electron chi connectivity index (χ0n) is 8.14. The Hall–Kier alpha value is -0.0600. The van der Waals surface area contributed by atoms with Crippen LogP contribution in [0.5, 0.6) is 5.75 Å². The molecule has 2 N–H and O–H groups in total. The Morgan fingerprint density at radius 1 is 1.36 bits per heavy atom. The summed E-state index contributed by atoms with van der Waals surface area (Å²) in [6.07, 6.45) is 0.938. The van der Waals surface area contributed by atoms with Crippen LogP contribution in [0.25, 0.3) is 0 Å². The van der Waals surface area contributed by atoms with Crippen molar-refractivity contribution < 1.29 is 5.11 Å². The molecule has 4 heteroatoms. The first-order valence-corrected chi connectivity index (χ1v) is 5.97. The summed E-state index contributed by atoms with van der Waals surface area (Å²) < 4.78 is 1.45. The third-order valence-electron chi connectivity index (χ3n) is 2.11. The molecule has 1 aromatic rings. The first-order chi connectivity index (χ1) is 6.54. The van der Waals surface area contributed by atoms with Gasteiger partial charge in [0.25, 0.3) is 0 Å². The lowest BCUT2D eigenvalue weighted by molar-refractivity contribution is 0.468. The number of halogens is 2. The molecule has 1 aromatic carbocycles. The van der Waals surface area contributed by atoms with Crippen LogP contribution in [0.1, 0.15) is 12.5 Å². The molecule has 1 rings (SSSR count). The van der Waals surface area contributed by atoms with E-state index in [1.807, 2.05) is 19.2 Å². The van der Waals surface area contributed by atoms with Gasteiger partial charge >= 0.3 is 0 Å². The molecule has 0 spiro atoms. The average Bonchev–Trinajstić information content (AvgIpc) is 2.14. The molecule has 1 atom stereocenters. The smallest absolute Gasteiger partial charge is 0.143 e. The molecule has 0 aliphatic carbocycles. The summed E-state index contributed by atoms with van der Waals surface area (Å²) in [6, 6.07) is 4.31. The lowest BCUT2D eigenvalue weighted by Crippen LogP contribution is -2.23. The lowest BCUT2D eigenvalue weighted by atomic mass is 10.1. The lowest BCUT2D eigenvalue weighted by Gasteiger charge is -2.11. The minimum atomic E-state index is 0.255. The molecule has 0 heterocycles. The van der Waals surface area contributed by atoms with Crippen molar-refractivity contribution in [1.82, 2.24) is 5.32 Å². The second-order valence-electron chi connectivity index (χ2n) is 3.30. The first kappa shape index (κ1) is 12.0. The first-order valence-electron chi connectivity index (χ1n) is 4.38. The molecule has 0 aromatic heterocycles. The summed E-state index contributed by atoms with van der Waals surface area (Å²) in [6.45, 7) is 2.12. The van der Waals surface area contributed by atoms with Crippen molar-refractivity contribution in [3.05, 3.63) is 26.6 Å². The zero-order chi connectivity index (χ0) is 10.7. The molecule has 0 radical (unpaired) electrons. The fraction of sp³-hybridized carbons (Fsp3) is 0.400. The second-order valence-corrected chi connectivity index (χ2v) is 5.01. The fourth-order valence-electron chi connectivity index (χ4n) is 1.19. The van der Waals surface area contributed by atoms with Crippen LogP contribution in [0.3, 0.4) is 0 Å². The van der Waals surface area contributed by atoms with Crippen LogP contribution in [0.2, 0.25) is 0 Å². The molecule has 0 bridgehead atoms. The number of phenolic OH excluding ortho intramolecular Hbond substituents is 1. The maximum atomic E-state index is 9.51. The predicted molar refractivity (Wildman–Crippen MR) is 65.7 cm³/mol. The van der Waals surface area contributed by atoms with Gasteiger partial charge in [0.1, 0.15) is 5.75 Å². The SMILES string of the molecule is CNC(C)Cc1cc(Br)c(O)c(Br)c1. The van der Waals surface area contributed by atoms with Gasteiger partial charge in [0.15, 0.2) is 0 Å². The Bertz CT molecular complexity index is 305. The third-order valence-corrected chi connectivity index (χ3v) is 3.32. The minimum absolute atomic E-state index is 0.255. The van der Waals surface area contributed by atoms with Crippen molar-refractivity contribution in [2.24, 2.45) is 0 Å². The maximum absolute atomic E-state index is 9.51. The van der Waals surface area contributed by atoms with E-state index >= 15 is 0 Å². The molecule has 1 unspecified atom stereocenters. The third kappa shape index (κ3) is 2.97. The fourth-order valence-corrected chi connectivity index (χ4v) is 2.47. The van der Waals surface area contributed by atoms with E-state index in [2.05, 4.69) is 44.1 Å². The van der Waals surface area contributed by atoms with E-state index in [0.717, 1.165) is 15.4 Å².